The monoisotopic (exact) mass is 261 g/mol. The van der Waals surface area contributed by atoms with E-state index in [-0.39, 0.29) is 30.3 Å². The van der Waals surface area contributed by atoms with Crippen LogP contribution in [0.1, 0.15) is 25.3 Å². The van der Waals surface area contributed by atoms with E-state index in [4.69, 9.17) is 10.3 Å². The standard InChI is InChI=1S/C11H19N3O2.ClH/c1-7-5-10(13-16-7)6-14(4)11(15)8(2)9(3)12;/h5,8-9H,6,12H2,1-4H3;1H. The molecular weight excluding hydrogens is 242 g/mol. The second kappa shape index (κ2) is 6.61. The van der Waals surface area contributed by atoms with Crippen LogP contribution in [0.3, 0.4) is 0 Å². The second-order valence-corrected chi connectivity index (χ2v) is 4.27. The Bertz CT molecular complexity index is 365. The van der Waals surface area contributed by atoms with Crippen LogP contribution >= 0.6 is 12.4 Å². The highest BCUT2D eigenvalue weighted by Gasteiger charge is 2.21. The quantitative estimate of drug-likeness (QED) is 0.888. The maximum absolute atomic E-state index is 11.9. The number of hydrogen-bond acceptors (Lipinski definition) is 4. The summed E-state index contributed by atoms with van der Waals surface area (Å²) in [5, 5.41) is 3.84. The number of nitrogens with zero attached hydrogens (tertiary/aromatic N) is 2. The molecule has 0 aliphatic heterocycles. The van der Waals surface area contributed by atoms with Crippen LogP contribution in [-0.2, 0) is 11.3 Å². The zero-order valence-electron chi connectivity index (χ0n) is 10.6. The number of rotatable bonds is 4. The minimum atomic E-state index is -0.182. The van der Waals surface area contributed by atoms with E-state index in [0.29, 0.717) is 6.54 Å². The zero-order chi connectivity index (χ0) is 12.3. The molecule has 98 valence electrons. The van der Waals surface area contributed by atoms with Gasteiger partial charge in [0.2, 0.25) is 5.91 Å². The summed E-state index contributed by atoms with van der Waals surface area (Å²) < 4.78 is 4.94. The summed E-state index contributed by atoms with van der Waals surface area (Å²) in [5.74, 6) is 0.588. The van der Waals surface area contributed by atoms with Crippen molar-refractivity contribution >= 4 is 18.3 Å². The van der Waals surface area contributed by atoms with Gasteiger partial charge in [0.25, 0.3) is 0 Å². The molecule has 0 saturated heterocycles. The van der Waals surface area contributed by atoms with Crippen LogP contribution in [0.15, 0.2) is 10.6 Å². The van der Waals surface area contributed by atoms with Gasteiger partial charge in [-0.3, -0.25) is 4.79 Å². The van der Waals surface area contributed by atoms with Crippen molar-refractivity contribution in [2.45, 2.75) is 33.4 Å². The Morgan fingerprint density at radius 2 is 2.18 bits per heavy atom. The first-order valence-electron chi connectivity index (χ1n) is 5.34. The third kappa shape index (κ3) is 4.36. The van der Waals surface area contributed by atoms with Crippen molar-refractivity contribution in [3.05, 3.63) is 17.5 Å². The predicted molar refractivity (Wildman–Crippen MR) is 67.8 cm³/mol. The first-order valence-corrected chi connectivity index (χ1v) is 5.34. The van der Waals surface area contributed by atoms with Crippen molar-refractivity contribution in [3.8, 4) is 0 Å². The highest BCUT2D eigenvalue weighted by Crippen LogP contribution is 2.09. The largest absolute Gasteiger partial charge is 0.361 e. The maximum atomic E-state index is 11.9. The lowest BCUT2D eigenvalue weighted by atomic mass is 10.0. The number of aryl methyl sites for hydroxylation is 1. The number of carbonyl (C=O) groups excluding carboxylic acids is 1. The Kier molecular flexibility index (Phi) is 6.20. The maximum Gasteiger partial charge on any atom is 0.227 e. The summed E-state index contributed by atoms with van der Waals surface area (Å²) in [6.07, 6.45) is 0. The molecule has 0 aromatic carbocycles. The Labute approximate surface area is 108 Å². The molecule has 1 aromatic heterocycles. The molecule has 6 heteroatoms. The van der Waals surface area contributed by atoms with Gasteiger partial charge in [-0.1, -0.05) is 12.1 Å². The van der Waals surface area contributed by atoms with Gasteiger partial charge in [0.05, 0.1) is 12.5 Å². The predicted octanol–water partition coefficient (Wildman–Crippen LogP) is 1.35. The average Bonchev–Trinajstić information content (AvgIpc) is 2.61. The third-order valence-electron chi connectivity index (χ3n) is 2.63. The molecule has 0 saturated carbocycles. The molecule has 2 atom stereocenters. The Balaban J connectivity index is 0.00000256. The van der Waals surface area contributed by atoms with Crippen LogP contribution in [0.2, 0.25) is 0 Å². The van der Waals surface area contributed by atoms with Gasteiger partial charge in [0, 0.05) is 19.2 Å². The molecule has 2 N–H and O–H groups in total. The number of aromatic nitrogens is 1. The number of nitrogens with two attached hydrogens (primary N) is 1. The molecule has 1 aromatic rings. The van der Waals surface area contributed by atoms with Crippen LogP contribution in [0, 0.1) is 12.8 Å². The minimum Gasteiger partial charge on any atom is -0.361 e. The van der Waals surface area contributed by atoms with Crippen molar-refractivity contribution in [1.82, 2.24) is 10.1 Å². The van der Waals surface area contributed by atoms with Crippen molar-refractivity contribution in [2.24, 2.45) is 11.7 Å². The first kappa shape index (κ1) is 15.9. The lowest BCUT2D eigenvalue weighted by Crippen LogP contribution is -2.39. The molecule has 2 unspecified atom stereocenters. The van der Waals surface area contributed by atoms with Gasteiger partial charge < -0.3 is 15.2 Å². The third-order valence-corrected chi connectivity index (χ3v) is 2.63. The molecule has 0 spiro atoms. The van der Waals surface area contributed by atoms with Crippen LogP contribution in [0.4, 0.5) is 0 Å². The summed E-state index contributed by atoms with van der Waals surface area (Å²) >= 11 is 0. The molecule has 5 nitrogen and oxygen atoms in total. The molecule has 1 heterocycles. The van der Waals surface area contributed by atoms with Crippen LogP contribution in [0.25, 0.3) is 0 Å². The van der Waals surface area contributed by atoms with E-state index in [0.717, 1.165) is 11.5 Å². The Morgan fingerprint density at radius 1 is 1.59 bits per heavy atom. The average molecular weight is 262 g/mol. The fourth-order valence-corrected chi connectivity index (χ4v) is 1.39. The number of amides is 1. The van der Waals surface area contributed by atoms with Crippen LogP contribution in [-0.4, -0.2) is 29.1 Å². The number of halogens is 1. The Hall–Kier alpha value is -1.07. The summed E-state index contributed by atoms with van der Waals surface area (Å²) in [5.41, 5.74) is 6.45. The number of hydrogen-bond donors (Lipinski definition) is 1. The molecule has 1 rings (SSSR count). The van der Waals surface area contributed by atoms with Gasteiger partial charge in [-0.05, 0) is 13.8 Å². The fourth-order valence-electron chi connectivity index (χ4n) is 1.39. The van der Waals surface area contributed by atoms with Gasteiger partial charge in [0.15, 0.2) is 0 Å². The van der Waals surface area contributed by atoms with Gasteiger partial charge in [-0.2, -0.15) is 0 Å². The normalized spacial score (nSPS) is 13.7. The molecule has 0 fully saturated rings. The van der Waals surface area contributed by atoms with E-state index in [9.17, 15) is 4.79 Å². The van der Waals surface area contributed by atoms with Crippen molar-refractivity contribution in [1.29, 1.82) is 0 Å². The van der Waals surface area contributed by atoms with Crippen molar-refractivity contribution < 1.29 is 9.32 Å². The highest BCUT2D eigenvalue weighted by atomic mass is 35.5. The van der Waals surface area contributed by atoms with E-state index in [1.165, 1.54) is 0 Å². The topological polar surface area (TPSA) is 72.4 Å². The minimum absolute atomic E-state index is 0. The highest BCUT2D eigenvalue weighted by molar-refractivity contribution is 5.85. The van der Waals surface area contributed by atoms with Gasteiger partial charge >= 0.3 is 0 Å². The molecule has 1 amide bonds. The van der Waals surface area contributed by atoms with E-state index in [2.05, 4.69) is 5.16 Å². The molecule has 0 bridgehead atoms. The summed E-state index contributed by atoms with van der Waals surface area (Å²) in [7, 11) is 1.74. The van der Waals surface area contributed by atoms with Gasteiger partial charge in [-0.15, -0.1) is 12.4 Å². The molecular formula is C11H20ClN3O2. The Morgan fingerprint density at radius 3 is 2.59 bits per heavy atom. The van der Waals surface area contributed by atoms with E-state index in [1.807, 2.05) is 26.8 Å². The van der Waals surface area contributed by atoms with E-state index >= 15 is 0 Å². The molecule has 17 heavy (non-hydrogen) atoms. The lowest BCUT2D eigenvalue weighted by Gasteiger charge is -2.22. The molecule has 0 radical (unpaired) electrons. The SMILES string of the molecule is Cc1cc(CN(C)C(=O)C(C)C(C)N)no1.Cl. The smallest absolute Gasteiger partial charge is 0.227 e. The zero-order valence-corrected chi connectivity index (χ0v) is 11.5. The van der Waals surface area contributed by atoms with Crippen LogP contribution < -0.4 is 5.73 Å². The van der Waals surface area contributed by atoms with E-state index < -0.39 is 0 Å². The number of carbonyl (C=O) groups is 1. The molecule has 0 aliphatic carbocycles. The fraction of sp³-hybridized carbons (Fsp3) is 0.636. The van der Waals surface area contributed by atoms with E-state index in [1.54, 1.807) is 11.9 Å². The van der Waals surface area contributed by atoms with Gasteiger partial charge in [-0.25, -0.2) is 0 Å². The lowest BCUT2D eigenvalue weighted by molar-refractivity contribution is -0.134. The molecule has 0 aliphatic rings. The van der Waals surface area contributed by atoms with Crippen LogP contribution in [0.5, 0.6) is 0 Å². The van der Waals surface area contributed by atoms with Gasteiger partial charge in [0.1, 0.15) is 11.5 Å². The summed E-state index contributed by atoms with van der Waals surface area (Å²) in [6, 6.07) is 1.68. The second-order valence-electron chi connectivity index (χ2n) is 4.27. The summed E-state index contributed by atoms with van der Waals surface area (Å²) in [4.78, 5) is 13.5. The van der Waals surface area contributed by atoms with Crippen molar-refractivity contribution in [3.63, 3.8) is 0 Å². The first-order chi connectivity index (χ1) is 7.41. The summed E-state index contributed by atoms with van der Waals surface area (Å²) in [6.45, 7) is 5.93. The van der Waals surface area contributed by atoms with Crippen molar-refractivity contribution in [2.75, 3.05) is 7.05 Å².